The number of ether oxygens (including phenoxy) is 1. The van der Waals surface area contributed by atoms with Gasteiger partial charge in [0.15, 0.2) is 0 Å². The number of urea groups is 1. The van der Waals surface area contributed by atoms with E-state index in [9.17, 15) is 4.79 Å². The summed E-state index contributed by atoms with van der Waals surface area (Å²) in [6, 6.07) is 15.6. The predicted octanol–water partition coefficient (Wildman–Crippen LogP) is 3.66. The summed E-state index contributed by atoms with van der Waals surface area (Å²) in [5.41, 5.74) is 2.99. The molecule has 0 spiro atoms. The average Bonchev–Trinajstić information content (AvgIpc) is 3.37. The summed E-state index contributed by atoms with van der Waals surface area (Å²) in [5.74, 6) is 1.60. The van der Waals surface area contributed by atoms with E-state index >= 15 is 0 Å². The maximum Gasteiger partial charge on any atom is 0.317 e. The van der Waals surface area contributed by atoms with Crippen LogP contribution in [0, 0.1) is 0 Å². The van der Waals surface area contributed by atoms with Crippen molar-refractivity contribution in [2.24, 2.45) is 0 Å². The van der Waals surface area contributed by atoms with Crippen LogP contribution in [-0.4, -0.2) is 41.1 Å². The second-order valence-corrected chi connectivity index (χ2v) is 6.89. The number of para-hydroxylation sites is 2. The summed E-state index contributed by atoms with van der Waals surface area (Å²) in [6.45, 7) is 1.64. The molecule has 6 nitrogen and oxygen atoms in total. The Morgan fingerprint density at radius 2 is 1.93 bits per heavy atom. The molecule has 2 N–H and O–H groups in total. The van der Waals surface area contributed by atoms with Gasteiger partial charge in [0.1, 0.15) is 11.6 Å². The number of imidazole rings is 1. The van der Waals surface area contributed by atoms with Crippen molar-refractivity contribution >= 4 is 17.1 Å². The Hall–Kier alpha value is -3.02. The summed E-state index contributed by atoms with van der Waals surface area (Å²) in [4.78, 5) is 22.6. The molecule has 1 aromatic heterocycles. The van der Waals surface area contributed by atoms with Gasteiger partial charge < -0.3 is 19.9 Å². The molecule has 0 unspecified atom stereocenters. The second-order valence-electron chi connectivity index (χ2n) is 6.89. The van der Waals surface area contributed by atoms with Crippen LogP contribution in [-0.2, 0) is 6.42 Å². The molecule has 140 valence electrons. The number of aromatic amines is 1. The Morgan fingerprint density at radius 3 is 2.63 bits per heavy atom. The molecule has 6 heteroatoms. The first-order valence-corrected chi connectivity index (χ1v) is 9.36. The van der Waals surface area contributed by atoms with Gasteiger partial charge in [0.05, 0.1) is 24.2 Å². The van der Waals surface area contributed by atoms with Crippen LogP contribution < -0.4 is 10.1 Å². The first kappa shape index (κ1) is 17.4. The van der Waals surface area contributed by atoms with Crippen LogP contribution in [0.25, 0.3) is 11.0 Å². The van der Waals surface area contributed by atoms with E-state index in [1.54, 1.807) is 7.11 Å². The van der Waals surface area contributed by atoms with Crippen molar-refractivity contribution in [2.75, 3.05) is 20.2 Å². The molecule has 27 heavy (non-hydrogen) atoms. The molecule has 0 bridgehead atoms. The molecule has 1 aliphatic rings. The molecule has 3 aromatic rings. The summed E-state index contributed by atoms with van der Waals surface area (Å²) < 4.78 is 5.24. The van der Waals surface area contributed by atoms with Crippen LogP contribution >= 0.6 is 0 Å². The van der Waals surface area contributed by atoms with Gasteiger partial charge in [-0.25, -0.2) is 9.78 Å². The second kappa shape index (κ2) is 7.70. The van der Waals surface area contributed by atoms with Crippen LogP contribution in [0.5, 0.6) is 5.75 Å². The van der Waals surface area contributed by atoms with Gasteiger partial charge in [-0.2, -0.15) is 0 Å². The van der Waals surface area contributed by atoms with E-state index in [4.69, 9.17) is 9.72 Å². The Balaban J connectivity index is 1.59. The number of benzene rings is 2. The number of carbonyl (C=O) groups is 1. The lowest BCUT2D eigenvalue weighted by atomic mass is 10.1. The van der Waals surface area contributed by atoms with Gasteiger partial charge in [-0.15, -0.1) is 0 Å². The Bertz CT molecular complexity index is 880. The minimum Gasteiger partial charge on any atom is -0.497 e. The maximum absolute atomic E-state index is 12.7. The van der Waals surface area contributed by atoms with Crippen LogP contribution in [0.2, 0.25) is 0 Å². The number of amides is 2. The summed E-state index contributed by atoms with van der Waals surface area (Å²) in [6.07, 6.45) is 2.80. The molecule has 1 saturated heterocycles. The maximum atomic E-state index is 12.7. The normalized spacial score (nSPS) is 15.1. The summed E-state index contributed by atoms with van der Waals surface area (Å²) in [7, 11) is 1.66. The van der Waals surface area contributed by atoms with Crippen LogP contribution in [0.1, 0.15) is 30.3 Å². The molecular formula is C21H24N4O2. The van der Waals surface area contributed by atoms with E-state index in [-0.39, 0.29) is 12.1 Å². The third-order valence-corrected chi connectivity index (χ3v) is 5.03. The summed E-state index contributed by atoms with van der Waals surface area (Å²) in [5, 5.41) is 3.18. The largest absolute Gasteiger partial charge is 0.497 e. The van der Waals surface area contributed by atoms with Crippen molar-refractivity contribution in [3.63, 3.8) is 0 Å². The van der Waals surface area contributed by atoms with Gasteiger partial charge in [0, 0.05) is 13.1 Å². The smallest absolute Gasteiger partial charge is 0.317 e. The van der Waals surface area contributed by atoms with Crippen molar-refractivity contribution < 1.29 is 9.53 Å². The molecule has 2 heterocycles. The Kier molecular flexibility index (Phi) is 4.96. The number of H-pyrrole nitrogens is 1. The lowest BCUT2D eigenvalue weighted by Gasteiger charge is -2.22. The van der Waals surface area contributed by atoms with Gasteiger partial charge in [-0.3, -0.25) is 0 Å². The fourth-order valence-corrected chi connectivity index (χ4v) is 3.51. The zero-order valence-electron chi connectivity index (χ0n) is 15.4. The molecular weight excluding hydrogens is 340 g/mol. The lowest BCUT2D eigenvalue weighted by molar-refractivity contribution is 0.204. The summed E-state index contributed by atoms with van der Waals surface area (Å²) >= 11 is 0. The molecule has 1 fully saturated rings. The SMILES string of the molecule is COc1ccc(C[C@@H](NC(=O)N2CCCC2)c2nc3ccccc3[nH]2)cc1. The number of fused-ring (bicyclic) bond motifs is 1. The molecule has 0 radical (unpaired) electrons. The van der Waals surface area contributed by atoms with E-state index in [0.717, 1.165) is 54.1 Å². The highest BCUT2D eigenvalue weighted by Gasteiger charge is 2.24. The fraction of sp³-hybridized carbons (Fsp3) is 0.333. The highest BCUT2D eigenvalue weighted by Crippen LogP contribution is 2.22. The van der Waals surface area contributed by atoms with Gasteiger partial charge >= 0.3 is 6.03 Å². The quantitative estimate of drug-likeness (QED) is 0.726. The number of nitrogens with one attached hydrogen (secondary N) is 2. The van der Waals surface area contributed by atoms with E-state index in [0.29, 0.717) is 6.42 Å². The van der Waals surface area contributed by atoms with Crippen molar-refractivity contribution in [1.82, 2.24) is 20.2 Å². The molecule has 0 aliphatic carbocycles. The number of rotatable bonds is 5. The highest BCUT2D eigenvalue weighted by molar-refractivity contribution is 5.76. The standard InChI is InChI=1S/C21H24N4O2/c1-27-16-10-8-15(9-11-16)14-19(24-21(26)25-12-4-5-13-25)20-22-17-6-2-3-7-18(17)23-20/h2-3,6-11,19H,4-5,12-14H2,1H3,(H,22,23)(H,24,26)/t19-/m1/s1. The van der Waals surface area contributed by atoms with Crippen LogP contribution in [0.3, 0.4) is 0 Å². The Morgan fingerprint density at radius 1 is 1.19 bits per heavy atom. The topological polar surface area (TPSA) is 70.2 Å². The number of nitrogens with zero attached hydrogens (tertiary/aromatic N) is 2. The fourth-order valence-electron chi connectivity index (χ4n) is 3.51. The molecule has 1 aliphatic heterocycles. The lowest BCUT2D eigenvalue weighted by Crippen LogP contribution is -2.41. The van der Waals surface area contributed by atoms with Gasteiger partial charge in [0.2, 0.25) is 0 Å². The van der Waals surface area contributed by atoms with E-state index < -0.39 is 0 Å². The van der Waals surface area contributed by atoms with Gasteiger partial charge in [-0.05, 0) is 49.1 Å². The number of methoxy groups -OCH3 is 1. The molecule has 4 rings (SSSR count). The molecule has 0 saturated carbocycles. The zero-order chi connectivity index (χ0) is 18.6. The van der Waals surface area contributed by atoms with Gasteiger partial charge in [-0.1, -0.05) is 24.3 Å². The molecule has 1 atom stereocenters. The minimum atomic E-state index is -0.223. The van der Waals surface area contributed by atoms with Gasteiger partial charge in [0.25, 0.3) is 0 Å². The number of hydrogen-bond acceptors (Lipinski definition) is 3. The molecule has 2 aromatic carbocycles. The number of aromatic nitrogens is 2. The van der Waals surface area contributed by atoms with E-state index in [1.165, 1.54) is 0 Å². The zero-order valence-corrected chi connectivity index (χ0v) is 15.4. The van der Waals surface area contributed by atoms with E-state index in [2.05, 4.69) is 10.3 Å². The number of likely N-dealkylation sites (tertiary alicyclic amines) is 1. The van der Waals surface area contributed by atoms with Crippen molar-refractivity contribution in [3.8, 4) is 5.75 Å². The van der Waals surface area contributed by atoms with Crippen molar-refractivity contribution in [2.45, 2.75) is 25.3 Å². The first-order chi connectivity index (χ1) is 13.2. The number of carbonyl (C=O) groups excluding carboxylic acids is 1. The highest BCUT2D eigenvalue weighted by atomic mass is 16.5. The average molecular weight is 364 g/mol. The van der Waals surface area contributed by atoms with Crippen molar-refractivity contribution in [1.29, 1.82) is 0 Å². The van der Waals surface area contributed by atoms with Crippen LogP contribution in [0.15, 0.2) is 48.5 Å². The van der Waals surface area contributed by atoms with Crippen LogP contribution in [0.4, 0.5) is 4.79 Å². The monoisotopic (exact) mass is 364 g/mol. The predicted molar refractivity (Wildman–Crippen MR) is 105 cm³/mol. The number of hydrogen-bond donors (Lipinski definition) is 2. The van der Waals surface area contributed by atoms with E-state index in [1.807, 2.05) is 53.4 Å². The first-order valence-electron chi connectivity index (χ1n) is 9.36. The third-order valence-electron chi connectivity index (χ3n) is 5.03. The van der Waals surface area contributed by atoms with Crippen molar-refractivity contribution in [3.05, 3.63) is 59.9 Å². The minimum absolute atomic E-state index is 0.0218. The third kappa shape index (κ3) is 3.89. The Labute approximate surface area is 158 Å². The molecule has 2 amide bonds.